The predicted molar refractivity (Wildman–Crippen MR) is 58.1 cm³/mol. The fourth-order valence-corrected chi connectivity index (χ4v) is 1.50. The molecule has 0 spiro atoms. The molecule has 0 aliphatic heterocycles. The highest BCUT2D eigenvalue weighted by molar-refractivity contribution is 5.99. The minimum absolute atomic E-state index is 0.172. The SMILES string of the molecule is NC(=O)c1cc(F)ccc1-c1ccncc1. The number of hydrogen-bond acceptors (Lipinski definition) is 2. The van der Waals surface area contributed by atoms with Crippen molar-refractivity contribution in [1.82, 2.24) is 4.98 Å². The number of pyridine rings is 1. The third kappa shape index (κ3) is 1.91. The molecule has 80 valence electrons. The van der Waals surface area contributed by atoms with E-state index in [-0.39, 0.29) is 5.56 Å². The highest BCUT2D eigenvalue weighted by Gasteiger charge is 2.10. The van der Waals surface area contributed by atoms with Crippen LogP contribution in [0.25, 0.3) is 11.1 Å². The first-order valence-electron chi connectivity index (χ1n) is 4.68. The number of nitrogens with zero attached hydrogens (tertiary/aromatic N) is 1. The van der Waals surface area contributed by atoms with Gasteiger partial charge < -0.3 is 5.73 Å². The lowest BCUT2D eigenvalue weighted by atomic mass is 10.0. The zero-order valence-electron chi connectivity index (χ0n) is 8.35. The Bertz CT molecular complexity index is 526. The number of benzene rings is 1. The quantitative estimate of drug-likeness (QED) is 0.834. The second kappa shape index (κ2) is 4.10. The summed E-state index contributed by atoms with van der Waals surface area (Å²) in [4.78, 5) is 15.1. The van der Waals surface area contributed by atoms with Crippen molar-refractivity contribution >= 4 is 5.91 Å². The molecular weight excluding hydrogens is 207 g/mol. The molecule has 0 fully saturated rings. The summed E-state index contributed by atoms with van der Waals surface area (Å²) in [7, 11) is 0. The third-order valence-electron chi connectivity index (χ3n) is 2.24. The number of nitrogens with two attached hydrogens (primary N) is 1. The third-order valence-corrected chi connectivity index (χ3v) is 2.24. The largest absolute Gasteiger partial charge is 0.366 e. The monoisotopic (exact) mass is 216 g/mol. The molecule has 0 radical (unpaired) electrons. The van der Waals surface area contributed by atoms with Gasteiger partial charge in [-0.25, -0.2) is 4.39 Å². The molecule has 1 aromatic heterocycles. The van der Waals surface area contributed by atoms with Gasteiger partial charge in [-0.05, 0) is 35.4 Å². The minimum Gasteiger partial charge on any atom is -0.366 e. The van der Waals surface area contributed by atoms with Crippen LogP contribution in [0.3, 0.4) is 0 Å². The van der Waals surface area contributed by atoms with E-state index in [1.807, 2.05) is 0 Å². The summed E-state index contributed by atoms with van der Waals surface area (Å²) < 4.78 is 13.0. The van der Waals surface area contributed by atoms with Gasteiger partial charge in [-0.2, -0.15) is 0 Å². The highest BCUT2D eigenvalue weighted by atomic mass is 19.1. The van der Waals surface area contributed by atoms with Gasteiger partial charge in [-0.3, -0.25) is 9.78 Å². The lowest BCUT2D eigenvalue weighted by Crippen LogP contribution is -2.12. The van der Waals surface area contributed by atoms with Gasteiger partial charge >= 0.3 is 0 Å². The van der Waals surface area contributed by atoms with Crippen LogP contribution in [0.5, 0.6) is 0 Å². The molecule has 0 aliphatic carbocycles. The van der Waals surface area contributed by atoms with E-state index < -0.39 is 11.7 Å². The zero-order valence-corrected chi connectivity index (χ0v) is 8.35. The maximum Gasteiger partial charge on any atom is 0.249 e. The Kier molecular flexibility index (Phi) is 2.64. The number of aromatic nitrogens is 1. The Morgan fingerprint density at radius 3 is 2.50 bits per heavy atom. The van der Waals surface area contributed by atoms with Crippen molar-refractivity contribution in [2.24, 2.45) is 5.73 Å². The van der Waals surface area contributed by atoms with Crippen LogP contribution in [0.15, 0.2) is 42.7 Å². The Hall–Kier alpha value is -2.23. The zero-order chi connectivity index (χ0) is 11.5. The van der Waals surface area contributed by atoms with Gasteiger partial charge in [0.1, 0.15) is 5.82 Å². The van der Waals surface area contributed by atoms with Gasteiger partial charge in [-0.15, -0.1) is 0 Å². The Balaban J connectivity index is 2.61. The molecule has 0 bridgehead atoms. The first kappa shape index (κ1) is 10.3. The predicted octanol–water partition coefficient (Wildman–Crippen LogP) is 1.99. The van der Waals surface area contributed by atoms with Crippen LogP contribution >= 0.6 is 0 Å². The molecule has 0 atom stereocenters. The fourth-order valence-electron chi connectivity index (χ4n) is 1.50. The molecule has 3 nitrogen and oxygen atoms in total. The van der Waals surface area contributed by atoms with E-state index in [1.165, 1.54) is 12.1 Å². The van der Waals surface area contributed by atoms with Crippen LogP contribution in [-0.4, -0.2) is 10.9 Å². The summed E-state index contributed by atoms with van der Waals surface area (Å²) in [6.07, 6.45) is 3.20. The lowest BCUT2D eigenvalue weighted by Gasteiger charge is -2.06. The topological polar surface area (TPSA) is 56.0 Å². The number of carbonyl (C=O) groups excluding carboxylic acids is 1. The first-order valence-corrected chi connectivity index (χ1v) is 4.68. The van der Waals surface area contributed by atoms with Gasteiger partial charge in [0, 0.05) is 18.0 Å². The Morgan fingerprint density at radius 1 is 1.19 bits per heavy atom. The summed E-state index contributed by atoms with van der Waals surface area (Å²) >= 11 is 0. The fraction of sp³-hybridized carbons (Fsp3) is 0. The van der Waals surface area contributed by atoms with Crippen LogP contribution < -0.4 is 5.73 Å². The number of carbonyl (C=O) groups is 1. The maximum absolute atomic E-state index is 13.0. The van der Waals surface area contributed by atoms with Crippen molar-refractivity contribution in [3.05, 3.63) is 54.1 Å². The van der Waals surface area contributed by atoms with E-state index in [0.29, 0.717) is 5.56 Å². The molecule has 1 aromatic carbocycles. The summed E-state index contributed by atoms with van der Waals surface area (Å²) in [5.74, 6) is -1.13. The molecule has 4 heteroatoms. The summed E-state index contributed by atoms with van der Waals surface area (Å²) in [6.45, 7) is 0. The van der Waals surface area contributed by atoms with Crippen LogP contribution in [-0.2, 0) is 0 Å². The average Bonchev–Trinajstić information content (AvgIpc) is 2.30. The second-order valence-electron chi connectivity index (χ2n) is 3.29. The van der Waals surface area contributed by atoms with Crippen molar-refractivity contribution in [1.29, 1.82) is 0 Å². The van der Waals surface area contributed by atoms with Gasteiger partial charge in [-0.1, -0.05) is 6.07 Å². The van der Waals surface area contributed by atoms with E-state index >= 15 is 0 Å². The molecule has 0 saturated carbocycles. The van der Waals surface area contributed by atoms with E-state index in [4.69, 9.17) is 5.73 Å². The molecule has 1 heterocycles. The number of halogens is 1. The summed E-state index contributed by atoms with van der Waals surface area (Å²) in [6, 6.07) is 7.43. The van der Waals surface area contributed by atoms with Gasteiger partial charge in [0.15, 0.2) is 0 Å². The second-order valence-corrected chi connectivity index (χ2v) is 3.29. The van der Waals surface area contributed by atoms with Crippen LogP contribution in [0, 0.1) is 5.82 Å². The van der Waals surface area contributed by atoms with Crippen molar-refractivity contribution in [2.75, 3.05) is 0 Å². The first-order chi connectivity index (χ1) is 7.68. The van der Waals surface area contributed by atoms with Crippen LogP contribution in [0.1, 0.15) is 10.4 Å². The molecule has 16 heavy (non-hydrogen) atoms. The van der Waals surface area contributed by atoms with Crippen molar-refractivity contribution < 1.29 is 9.18 Å². The molecular formula is C12H9FN2O. The van der Waals surface area contributed by atoms with Gasteiger partial charge in [0.25, 0.3) is 0 Å². The minimum atomic E-state index is -0.647. The van der Waals surface area contributed by atoms with Crippen molar-refractivity contribution in [3.63, 3.8) is 0 Å². The number of rotatable bonds is 2. The van der Waals surface area contributed by atoms with E-state index in [0.717, 1.165) is 11.6 Å². The summed E-state index contributed by atoms with van der Waals surface area (Å²) in [5, 5.41) is 0. The van der Waals surface area contributed by atoms with Crippen LogP contribution in [0.4, 0.5) is 4.39 Å². The highest BCUT2D eigenvalue weighted by Crippen LogP contribution is 2.23. The van der Waals surface area contributed by atoms with Crippen molar-refractivity contribution in [3.8, 4) is 11.1 Å². The summed E-state index contributed by atoms with van der Waals surface area (Å²) in [5.41, 5.74) is 6.76. The van der Waals surface area contributed by atoms with Crippen molar-refractivity contribution in [2.45, 2.75) is 0 Å². The maximum atomic E-state index is 13.0. The Morgan fingerprint density at radius 2 is 1.88 bits per heavy atom. The smallest absolute Gasteiger partial charge is 0.249 e. The molecule has 2 aromatic rings. The average molecular weight is 216 g/mol. The number of hydrogen-bond donors (Lipinski definition) is 1. The van der Waals surface area contributed by atoms with E-state index in [1.54, 1.807) is 24.5 Å². The molecule has 0 aliphatic rings. The van der Waals surface area contributed by atoms with Crippen LogP contribution in [0.2, 0.25) is 0 Å². The normalized spacial score (nSPS) is 10.1. The standard InChI is InChI=1S/C12H9FN2O/c13-9-1-2-10(11(7-9)12(14)16)8-3-5-15-6-4-8/h1-7H,(H2,14,16). The molecule has 2 N–H and O–H groups in total. The van der Waals surface area contributed by atoms with Gasteiger partial charge in [0.2, 0.25) is 5.91 Å². The van der Waals surface area contributed by atoms with Gasteiger partial charge in [0.05, 0.1) is 0 Å². The molecule has 0 saturated heterocycles. The molecule has 0 unspecified atom stereocenters. The lowest BCUT2D eigenvalue weighted by molar-refractivity contribution is 0.100. The van der Waals surface area contributed by atoms with E-state index in [9.17, 15) is 9.18 Å². The number of primary amides is 1. The molecule has 1 amide bonds. The Labute approximate surface area is 91.7 Å². The molecule has 2 rings (SSSR count). The number of amides is 1. The van der Waals surface area contributed by atoms with E-state index in [2.05, 4.69) is 4.98 Å².